The first kappa shape index (κ1) is 22.6. The summed E-state index contributed by atoms with van der Waals surface area (Å²) >= 11 is 0. The topological polar surface area (TPSA) is 75.2 Å². The van der Waals surface area contributed by atoms with E-state index in [9.17, 15) is 9.59 Å². The molecule has 33 heavy (non-hydrogen) atoms. The number of hydrogen-bond donors (Lipinski definition) is 1. The second-order valence-electron chi connectivity index (χ2n) is 8.76. The van der Waals surface area contributed by atoms with Gasteiger partial charge in [0.15, 0.2) is 0 Å². The van der Waals surface area contributed by atoms with Crippen LogP contribution in [0.5, 0.6) is 0 Å². The molecule has 6 nitrogen and oxygen atoms in total. The molecule has 170 valence electrons. The van der Waals surface area contributed by atoms with Crippen LogP contribution < -0.4 is 10.2 Å². The van der Waals surface area contributed by atoms with E-state index in [0.717, 1.165) is 36.8 Å². The molecule has 1 atom stereocenters. The first-order valence-corrected chi connectivity index (χ1v) is 11.6. The molecule has 4 rings (SSSR count). The summed E-state index contributed by atoms with van der Waals surface area (Å²) in [4.78, 5) is 37.6. The maximum atomic E-state index is 13.8. The predicted molar refractivity (Wildman–Crippen MR) is 129 cm³/mol. The van der Waals surface area contributed by atoms with Gasteiger partial charge < -0.3 is 5.32 Å². The molecule has 0 spiro atoms. The average Bonchev–Trinajstić information content (AvgIpc) is 2.83. The van der Waals surface area contributed by atoms with E-state index in [4.69, 9.17) is 0 Å². The number of nitrogens with zero attached hydrogens (tertiary/aromatic N) is 3. The van der Waals surface area contributed by atoms with E-state index in [1.165, 1.54) is 6.42 Å². The lowest BCUT2D eigenvalue weighted by molar-refractivity contribution is -0.123. The molecule has 2 aromatic heterocycles. The van der Waals surface area contributed by atoms with Crippen LogP contribution in [0.2, 0.25) is 0 Å². The lowest BCUT2D eigenvalue weighted by atomic mass is 9.94. The zero-order chi connectivity index (χ0) is 23.2. The highest BCUT2D eigenvalue weighted by Crippen LogP contribution is 2.31. The van der Waals surface area contributed by atoms with Crippen LogP contribution in [0.25, 0.3) is 0 Å². The fourth-order valence-corrected chi connectivity index (χ4v) is 4.58. The molecule has 0 radical (unpaired) electrons. The van der Waals surface area contributed by atoms with E-state index in [1.54, 1.807) is 53.8 Å². The monoisotopic (exact) mass is 442 g/mol. The minimum atomic E-state index is -0.842. The minimum absolute atomic E-state index is 0.127. The summed E-state index contributed by atoms with van der Waals surface area (Å²) < 4.78 is 0. The Bertz CT molecular complexity index is 1080. The SMILES string of the molecule is Cc1cc(C)cc(N(C(=O)c2ccccn2)C(C(=O)NC2CCCCC2)c2ccncc2)c1. The number of pyridine rings is 2. The van der Waals surface area contributed by atoms with Gasteiger partial charge in [-0.05, 0) is 79.8 Å². The number of aryl methyl sites for hydroxylation is 2. The third kappa shape index (κ3) is 5.45. The smallest absolute Gasteiger partial charge is 0.277 e. The van der Waals surface area contributed by atoms with E-state index in [2.05, 4.69) is 21.4 Å². The first-order valence-electron chi connectivity index (χ1n) is 11.6. The van der Waals surface area contributed by atoms with Crippen LogP contribution in [0, 0.1) is 13.8 Å². The van der Waals surface area contributed by atoms with Gasteiger partial charge in [-0.15, -0.1) is 0 Å². The van der Waals surface area contributed by atoms with Crippen molar-refractivity contribution in [3.05, 3.63) is 89.5 Å². The number of benzene rings is 1. The number of rotatable bonds is 6. The van der Waals surface area contributed by atoms with Gasteiger partial charge in [-0.2, -0.15) is 0 Å². The Hall–Kier alpha value is -3.54. The van der Waals surface area contributed by atoms with Crippen molar-refractivity contribution in [2.45, 2.75) is 58.0 Å². The van der Waals surface area contributed by atoms with Crippen molar-refractivity contribution in [1.29, 1.82) is 0 Å². The first-order chi connectivity index (χ1) is 16.0. The van der Waals surface area contributed by atoms with Crippen molar-refractivity contribution in [1.82, 2.24) is 15.3 Å². The van der Waals surface area contributed by atoms with Crippen molar-refractivity contribution in [3.8, 4) is 0 Å². The maximum Gasteiger partial charge on any atom is 0.277 e. The average molecular weight is 443 g/mol. The van der Waals surface area contributed by atoms with E-state index >= 15 is 0 Å². The third-order valence-electron chi connectivity index (χ3n) is 6.07. The van der Waals surface area contributed by atoms with Gasteiger partial charge in [0.1, 0.15) is 11.7 Å². The van der Waals surface area contributed by atoms with Gasteiger partial charge in [0.05, 0.1) is 0 Å². The maximum absolute atomic E-state index is 13.8. The van der Waals surface area contributed by atoms with Crippen molar-refractivity contribution in [2.24, 2.45) is 0 Å². The third-order valence-corrected chi connectivity index (χ3v) is 6.07. The number of carbonyl (C=O) groups is 2. The lowest BCUT2D eigenvalue weighted by Crippen LogP contribution is -2.47. The van der Waals surface area contributed by atoms with E-state index < -0.39 is 6.04 Å². The fraction of sp³-hybridized carbons (Fsp3) is 0.333. The standard InChI is InChI=1S/C27H30N4O2/c1-19-16-20(2)18-23(17-19)31(27(33)24-10-6-7-13-29-24)25(21-11-14-28-15-12-21)26(32)30-22-8-4-3-5-9-22/h6-7,10-18,22,25H,3-5,8-9H2,1-2H3,(H,30,32). The zero-order valence-electron chi connectivity index (χ0n) is 19.2. The Labute approximate surface area is 195 Å². The quantitative estimate of drug-likeness (QED) is 0.587. The summed E-state index contributed by atoms with van der Waals surface area (Å²) in [7, 11) is 0. The summed E-state index contributed by atoms with van der Waals surface area (Å²) in [6.07, 6.45) is 10.3. The molecule has 2 amide bonds. The van der Waals surface area contributed by atoms with E-state index in [0.29, 0.717) is 16.9 Å². The highest BCUT2D eigenvalue weighted by Gasteiger charge is 2.35. The predicted octanol–water partition coefficient (Wildman–Crippen LogP) is 4.93. The number of aromatic nitrogens is 2. The summed E-state index contributed by atoms with van der Waals surface area (Å²) in [6, 6.07) is 14.0. The van der Waals surface area contributed by atoms with Crippen LogP contribution in [0.3, 0.4) is 0 Å². The number of anilines is 1. The van der Waals surface area contributed by atoms with Gasteiger partial charge in [0.2, 0.25) is 5.91 Å². The number of amides is 2. The largest absolute Gasteiger partial charge is 0.351 e. The molecule has 6 heteroatoms. The Morgan fingerprint density at radius 1 is 0.939 bits per heavy atom. The second kappa shape index (κ2) is 10.4. The van der Waals surface area contributed by atoms with Gasteiger partial charge in [0, 0.05) is 30.3 Å². The highest BCUT2D eigenvalue weighted by molar-refractivity contribution is 6.09. The Morgan fingerprint density at radius 3 is 2.27 bits per heavy atom. The molecular formula is C27H30N4O2. The molecule has 0 aliphatic heterocycles. The lowest BCUT2D eigenvalue weighted by Gasteiger charge is -2.33. The molecule has 0 bridgehead atoms. The zero-order valence-corrected chi connectivity index (χ0v) is 19.2. The van der Waals surface area contributed by atoms with E-state index in [-0.39, 0.29) is 17.9 Å². The molecular weight excluding hydrogens is 412 g/mol. The molecule has 3 aromatic rings. The van der Waals surface area contributed by atoms with Crippen LogP contribution in [0.15, 0.2) is 67.1 Å². The van der Waals surface area contributed by atoms with Gasteiger partial charge in [0.25, 0.3) is 5.91 Å². The second-order valence-corrected chi connectivity index (χ2v) is 8.76. The van der Waals surface area contributed by atoms with E-state index in [1.807, 2.05) is 26.0 Å². The Balaban J connectivity index is 1.81. The van der Waals surface area contributed by atoms with Gasteiger partial charge in [-0.25, -0.2) is 0 Å². The Morgan fingerprint density at radius 2 is 1.64 bits per heavy atom. The molecule has 2 heterocycles. The summed E-state index contributed by atoms with van der Waals surface area (Å²) in [6.45, 7) is 3.98. The van der Waals surface area contributed by atoms with Crippen molar-refractivity contribution >= 4 is 17.5 Å². The van der Waals surface area contributed by atoms with Crippen molar-refractivity contribution < 1.29 is 9.59 Å². The molecule has 0 saturated heterocycles. The molecule has 1 aliphatic rings. The molecule has 1 aromatic carbocycles. The molecule has 1 fully saturated rings. The van der Waals surface area contributed by atoms with Crippen LogP contribution in [0.4, 0.5) is 5.69 Å². The number of hydrogen-bond acceptors (Lipinski definition) is 4. The Kier molecular flexibility index (Phi) is 7.13. The van der Waals surface area contributed by atoms with Crippen LogP contribution in [-0.4, -0.2) is 27.8 Å². The number of carbonyl (C=O) groups excluding carboxylic acids is 2. The van der Waals surface area contributed by atoms with Crippen LogP contribution in [0.1, 0.15) is 65.3 Å². The van der Waals surface area contributed by atoms with Gasteiger partial charge in [-0.1, -0.05) is 31.4 Å². The van der Waals surface area contributed by atoms with Gasteiger partial charge >= 0.3 is 0 Å². The van der Waals surface area contributed by atoms with Crippen molar-refractivity contribution in [3.63, 3.8) is 0 Å². The molecule has 1 N–H and O–H groups in total. The summed E-state index contributed by atoms with van der Waals surface area (Å²) in [5, 5.41) is 3.23. The molecule has 1 unspecified atom stereocenters. The van der Waals surface area contributed by atoms with Gasteiger partial charge in [-0.3, -0.25) is 24.5 Å². The number of nitrogens with one attached hydrogen (secondary N) is 1. The summed E-state index contributed by atoms with van der Waals surface area (Å²) in [5.74, 6) is -0.502. The molecule has 1 aliphatic carbocycles. The molecule has 1 saturated carbocycles. The highest BCUT2D eigenvalue weighted by atomic mass is 16.2. The van der Waals surface area contributed by atoms with Crippen LogP contribution >= 0.6 is 0 Å². The fourth-order valence-electron chi connectivity index (χ4n) is 4.58. The normalized spacial score (nSPS) is 15.0. The van der Waals surface area contributed by atoms with Crippen LogP contribution in [-0.2, 0) is 4.79 Å². The van der Waals surface area contributed by atoms with Crippen molar-refractivity contribution in [2.75, 3.05) is 4.90 Å². The summed E-state index contributed by atoms with van der Waals surface area (Å²) in [5.41, 5.74) is 3.71. The minimum Gasteiger partial charge on any atom is -0.351 e.